The second-order valence-corrected chi connectivity index (χ2v) is 9.86. The highest BCUT2D eigenvalue weighted by molar-refractivity contribution is 5.87. The van der Waals surface area contributed by atoms with Gasteiger partial charge in [0.1, 0.15) is 23.4 Å². The van der Waals surface area contributed by atoms with Crippen molar-refractivity contribution in [1.82, 2.24) is 19.9 Å². The van der Waals surface area contributed by atoms with Crippen LogP contribution in [0.1, 0.15) is 46.5 Å². The van der Waals surface area contributed by atoms with Gasteiger partial charge in [-0.1, -0.05) is 0 Å². The Morgan fingerprint density at radius 1 is 1.32 bits per heavy atom. The molecule has 150 valence electrons. The van der Waals surface area contributed by atoms with Crippen molar-refractivity contribution >= 4 is 22.9 Å². The van der Waals surface area contributed by atoms with Crippen molar-refractivity contribution < 1.29 is 9.53 Å². The van der Waals surface area contributed by atoms with Crippen molar-refractivity contribution in [2.45, 2.75) is 58.1 Å². The number of piperidine rings is 1. The van der Waals surface area contributed by atoms with E-state index in [2.05, 4.69) is 26.9 Å². The van der Waals surface area contributed by atoms with Gasteiger partial charge >= 0.3 is 6.09 Å². The second kappa shape index (κ2) is 5.61. The summed E-state index contributed by atoms with van der Waals surface area (Å²) in [7, 11) is 2.14. The van der Waals surface area contributed by atoms with Gasteiger partial charge in [0.05, 0.1) is 5.39 Å². The number of aromatic nitrogens is 3. The van der Waals surface area contributed by atoms with Crippen LogP contribution in [0.2, 0.25) is 0 Å². The number of hydrogen-bond donors (Lipinski definition) is 1. The molecule has 5 rings (SSSR count). The van der Waals surface area contributed by atoms with Crippen LogP contribution in [0, 0.1) is 10.8 Å². The third kappa shape index (κ3) is 2.58. The summed E-state index contributed by atoms with van der Waals surface area (Å²) < 4.78 is 5.66. The zero-order chi connectivity index (χ0) is 19.7. The molecule has 3 heterocycles. The van der Waals surface area contributed by atoms with Gasteiger partial charge in [-0.15, -0.1) is 0 Å². The molecular formula is C21H29N5O2. The number of rotatable bonds is 2. The van der Waals surface area contributed by atoms with E-state index in [1.807, 2.05) is 37.9 Å². The molecule has 2 saturated carbocycles. The number of likely N-dealkylation sites (tertiary alicyclic amines) is 1. The first-order valence-electron chi connectivity index (χ1n) is 10.2. The fourth-order valence-electron chi connectivity index (χ4n) is 5.39. The molecule has 1 unspecified atom stereocenters. The number of fused-ring (bicyclic) bond motifs is 2. The monoisotopic (exact) mass is 383 g/mol. The lowest BCUT2D eigenvalue weighted by atomic mass is 9.78. The van der Waals surface area contributed by atoms with E-state index in [1.165, 1.54) is 12.8 Å². The van der Waals surface area contributed by atoms with Crippen LogP contribution in [0.15, 0.2) is 18.6 Å². The molecule has 2 aromatic heterocycles. The topological polar surface area (TPSA) is 74.4 Å². The maximum atomic E-state index is 12.7. The minimum absolute atomic E-state index is 0.157. The van der Waals surface area contributed by atoms with Crippen molar-refractivity contribution in [3.8, 4) is 0 Å². The molecule has 1 N–H and O–H groups in total. The van der Waals surface area contributed by atoms with Crippen molar-refractivity contribution in [1.29, 1.82) is 0 Å². The molecule has 2 aromatic rings. The number of anilines is 1. The zero-order valence-electron chi connectivity index (χ0n) is 17.2. The van der Waals surface area contributed by atoms with Crippen LogP contribution in [0.4, 0.5) is 10.6 Å². The summed E-state index contributed by atoms with van der Waals surface area (Å²) in [6.45, 7) is 7.38. The molecule has 7 nitrogen and oxygen atoms in total. The van der Waals surface area contributed by atoms with E-state index in [0.717, 1.165) is 42.8 Å². The number of ether oxygens (including phenoxy) is 1. The van der Waals surface area contributed by atoms with Gasteiger partial charge in [0, 0.05) is 37.8 Å². The predicted molar refractivity (Wildman–Crippen MR) is 107 cm³/mol. The highest BCUT2D eigenvalue weighted by Gasteiger charge is 2.74. The van der Waals surface area contributed by atoms with Gasteiger partial charge in [-0.3, -0.25) is 0 Å². The number of nitrogens with one attached hydrogen (secondary N) is 1. The van der Waals surface area contributed by atoms with Crippen molar-refractivity contribution in [3.05, 3.63) is 18.6 Å². The van der Waals surface area contributed by atoms with E-state index in [9.17, 15) is 4.79 Å². The Hall–Kier alpha value is -2.31. The van der Waals surface area contributed by atoms with Gasteiger partial charge in [0.2, 0.25) is 0 Å². The number of nitrogens with zero attached hydrogens (tertiary/aromatic N) is 4. The fraction of sp³-hybridized carbons (Fsp3) is 0.667. The first-order chi connectivity index (χ1) is 13.2. The molecule has 0 bridgehead atoms. The first kappa shape index (κ1) is 17.8. The summed E-state index contributed by atoms with van der Waals surface area (Å²) in [5.74, 6) is 0.971. The third-order valence-electron chi connectivity index (χ3n) is 7.06. The maximum absolute atomic E-state index is 12.7. The number of carbonyl (C=O) groups excluding carboxylic acids is 1. The van der Waals surface area contributed by atoms with Crippen LogP contribution in [-0.4, -0.2) is 57.7 Å². The Morgan fingerprint density at radius 3 is 2.82 bits per heavy atom. The molecule has 3 fully saturated rings. The Balaban J connectivity index is 1.40. The zero-order valence-corrected chi connectivity index (χ0v) is 17.2. The van der Waals surface area contributed by atoms with Crippen LogP contribution >= 0.6 is 0 Å². The molecule has 2 aliphatic carbocycles. The second-order valence-electron chi connectivity index (χ2n) is 9.86. The summed E-state index contributed by atoms with van der Waals surface area (Å²) in [6.07, 6.45) is 8.11. The largest absolute Gasteiger partial charge is 0.444 e. The smallest absolute Gasteiger partial charge is 0.410 e. The standard InChI is InChI=1S/C21H29N5O2/c1-19(2,3)28-18(27)26-10-8-20(6-7-20)21(12-26)11-15(21)25(4)17-14-5-9-22-16(14)23-13-24-17/h5,9,13,15H,6-8,10-12H2,1-4H3,(H,22,23,24)/t15-,21?/m0/s1. The van der Waals surface area contributed by atoms with Crippen molar-refractivity contribution in [2.75, 3.05) is 25.0 Å². The SMILES string of the molecule is CN(c1ncnc2[nH]ccc12)[C@H]1CC12CN(C(=O)OC(C)(C)C)CCC21CC1. The molecule has 3 aliphatic rings. The minimum Gasteiger partial charge on any atom is -0.444 e. The van der Waals surface area contributed by atoms with Crippen molar-refractivity contribution in [3.63, 3.8) is 0 Å². The van der Waals surface area contributed by atoms with Crippen LogP contribution in [0.5, 0.6) is 0 Å². The summed E-state index contributed by atoms with van der Waals surface area (Å²) in [5.41, 5.74) is 0.963. The molecule has 0 aromatic carbocycles. The number of hydrogen-bond acceptors (Lipinski definition) is 5. The van der Waals surface area contributed by atoms with Crippen molar-refractivity contribution in [2.24, 2.45) is 10.8 Å². The predicted octanol–water partition coefficient (Wildman–Crippen LogP) is 3.57. The molecule has 7 heteroatoms. The van der Waals surface area contributed by atoms with Gasteiger partial charge in [0.15, 0.2) is 0 Å². The molecule has 28 heavy (non-hydrogen) atoms. The Bertz CT molecular complexity index is 928. The molecule has 1 amide bonds. The van der Waals surface area contributed by atoms with Crippen LogP contribution in [0.3, 0.4) is 0 Å². The number of amides is 1. The van der Waals surface area contributed by atoms with E-state index in [1.54, 1.807) is 6.33 Å². The number of carbonyl (C=O) groups is 1. The summed E-state index contributed by atoms with van der Waals surface area (Å²) in [4.78, 5) is 29.0. The van der Waals surface area contributed by atoms with E-state index in [0.29, 0.717) is 11.5 Å². The normalized spacial score (nSPS) is 28.0. The van der Waals surface area contributed by atoms with E-state index >= 15 is 0 Å². The quantitative estimate of drug-likeness (QED) is 0.858. The fourth-order valence-corrected chi connectivity index (χ4v) is 5.39. The van der Waals surface area contributed by atoms with Gasteiger partial charge in [0.25, 0.3) is 0 Å². The van der Waals surface area contributed by atoms with E-state index < -0.39 is 5.60 Å². The Kier molecular flexibility index (Phi) is 3.56. The van der Waals surface area contributed by atoms with Gasteiger partial charge in [-0.05, 0) is 57.9 Å². The van der Waals surface area contributed by atoms with Crippen LogP contribution in [-0.2, 0) is 4.74 Å². The van der Waals surface area contributed by atoms with Gasteiger partial charge < -0.3 is 19.5 Å². The number of aromatic amines is 1. The Morgan fingerprint density at radius 2 is 2.11 bits per heavy atom. The molecule has 1 saturated heterocycles. The lowest BCUT2D eigenvalue weighted by molar-refractivity contribution is 0.00294. The van der Waals surface area contributed by atoms with Gasteiger partial charge in [-0.25, -0.2) is 14.8 Å². The lowest BCUT2D eigenvalue weighted by Gasteiger charge is -2.41. The highest BCUT2D eigenvalue weighted by atomic mass is 16.6. The maximum Gasteiger partial charge on any atom is 0.410 e. The average molecular weight is 383 g/mol. The first-order valence-corrected chi connectivity index (χ1v) is 10.2. The average Bonchev–Trinajstić information content (AvgIpc) is 3.50. The lowest BCUT2D eigenvalue weighted by Crippen LogP contribution is -2.50. The molecule has 2 spiro atoms. The van der Waals surface area contributed by atoms with Crippen LogP contribution < -0.4 is 4.90 Å². The Labute approximate surface area is 165 Å². The highest BCUT2D eigenvalue weighted by Crippen LogP contribution is 2.74. The summed E-state index contributed by atoms with van der Waals surface area (Å²) >= 11 is 0. The summed E-state index contributed by atoms with van der Waals surface area (Å²) in [6, 6.07) is 2.44. The number of H-pyrrole nitrogens is 1. The minimum atomic E-state index is -0.459. The van der Waals surface area contributed by atoms with Crippen LogP contribution in [0.25, 0.3) is 11.0 Å². The third-order valence-corrected chi connectivity index (χ3v) is 7.06. The van der Waals surface area contributed by atoms with Gasteiger partial charge in [-0.2, -0.15) is 0 Å². The van der Waals surface area contributed by atoms with E-state index in [-0.39, 0.29) is 11.5 Å². The molecule has 2 atom stereocenters. The molecule has 0 radical (unpaired) electrons. The molecule has 1 aliphatic heterocycles. The van der Waals surface area contributed by atoms with E-state index in [4.69, 9.17) is 4.74 Å². The molecular weight excluding hydrogens is 354 g/mol. The summed E-state index contributed by atoms with van der Waals surface area (Å²) in [5, 5.41) is 1.05.